The summed E-state index contributed by atoms with van der Waals surface area (Å²) in [7, 11) is 0. The molecule has 5 aliphatic carbocycles. The Morgan fingerprint density at radius 2 is 1.78 bits per heavy atom. The zero-order valence-corrected chi connectivity index (χ0v) is 19.4. The SMILES string of the molecule is c1cc(NCC23CCC(c4nc(C5CC5)cs4)(CC2)CC3)cc(-c2cnc(C3CC3)o2)c1. The summed E-state index contributed by atoms with van der Waals surface area (Å²) < 4.78 is 6.02. The Hall–Kier alpha value is -2.14. The van der Waals surface area contributed by atoms with Gasteiger partial charge in [0.2, 0.25) is 0 Å². The van der Waals surface area contributed by atoms with Crippen molar-refractivity contribution in [2.24, 2.45) is 5.41 Å². The fourth-order valence-corrected chi connectivity index (χ4v) is 7.15. The Labute approximate surface area is 193 Å². The maximum absolute atomic E-state index is 6.02. The van der Waals surface area contributed by atoms with Crippen LogP contribution in [0, 0.1) is 5.41 Å². The van der Waals surface area contributed by atoms with Gasteiger partial charge in [-0.15, -0.1) is 11.3 Å². The van der Waals surface area contributed by atoms with Crippen LogP contribution in [0.3, 0.4) is 0 Å². The number of thiazole rings is 1. The van der Waals surface area contributed by atoms with Crippen LogP contribution in [0.5, 0.6) is 0 Å². The highest BCUT2D eigenvalue weighted by molar-refractivity contribution is 7.09. The van der Waals surface area contributed by atoms with E-state index in [0.29, 0.717) is 16.7 Å². The maximum atomic E-state index is 6.02. The molecule has 32 heavy (non-hydrogen) atoms. The van der Waals surface area contributed by atoms with E-state index >= 15 is 0 Å². The van der Waals surface area contributed by atoms with Crippen molar-refractivity contribution in [3.05, 3.63) is 52.4 Å². The second-order valence-corrected chi connectivity index (χ2v) is 11.8. The van der Waals surface area contributed by atoms with Crippen molar-refractivity contribution in [2.75, 3.05) is 11.9 Å². The molecule has 0 spiro atoms. The summed E-state index contributed by atoms with van der Waals surface area (Å²) >= 11 is 1.95. The highest BCUT2D eigenvalue weighted by Gasteiger charge is 2.50. The van der Waals surface area contributed by atoms with Crippen LogP contribution in [0.25, 0.3) is 11.3 Å². The second kappa shape index (κ2) is 7.18. The highest BCUT2D eigenvalue weighted by atomic mass is 32.1. The van der Waals surface area contributed by atoms with E-state index in [-0.39, 0.29) is 0 Å². The largest absolute Gasteiger partial charge is 0.440 e. The minimum absolute atomic E-state index is 0.380. The summed E-state index contributed by atoms with van der Waals surface area (Å²) in [5.74, 6) is 3.14. The van der Waals surface area contributed by atoms with E-state index in [0.717, 1.165) is 29.7 Å². The number of nitrogens with zero attached hydrogens (tertiary/aromatic N) is 2. The average Bonchev–Trinajstić information content (AvgIpc) is 3.78. The molecule has 3 aromatic rings. The highest BCUT2D eigenvalue weighted by Crippen LogP contribution is 2.58. The molecule has 5 heteroatoms. The standard InChI is InChI=1S/C27H31N3OS/c1-2-20(23-15-28-24(31-23)19-6-7-19)14-21(3-1)29-17-26-8-11-27(12-9-26,13-10-26)25-30-22(16-32-25)18-4-5-18/h1-3,14-16,18-19,29H,4-13,17H2. The van der Waals surface area contributed by atoms with Gasteiger partial charge in [0.25, 0.3) is 0 Å². The molecule has 1 N–H and O–H groups in total. The Morgan fingerprint density at radius 3 is 2.53 bits per heavy atom. The fraction of sp³-hybridized carbons (Fsp3) is 0.556. The molecule has 0 atom stereocenters. The zero-order valence-electron chi connectivity index (χ0n) is 18.6. The van der Waals surface area contributed by atoms with Crippen LogP contribution >= 0.6 is 11.3 Å². The third-order valence-electron chi connectivity index (χ3n) is 8.64. The van der Waals surface area contributed by atoms with Crippen molar-refractivity contribution >= 4 is 17.0 Å². The van der Waals surface area contributed by atoms with Crippen molar-refractivity contribution in [3.63, 3.8) is 0 Å². The summed E-state index contributed by atoms with van der Waals surface area (Å²) in [5, 5.41) is 7.59. The van der Waals surface area contributed by atoms with Gasteiger partial charge in [0, 0.05) is 40.4 Å². The molecular formula is C27H31N3OS. The molecule has 2 heterocycles. The molecule has 5 saturated carbocycles. The lowest BCUT2D eigenvalue weighted by atomic mass is 9.54. The summed E-state index contributed by atoms with van der Waals surface area (Å²) in [6, 6.07) is 8.66. The molecule has 2 aromatic heterocycles. The quantitative estimate of drug-likeness (QED) is 0.416. The van der Waals surface area contributed by atoms with Crippen molar-refractivity contribution in [2.45, 2.75) is 81.5 Å². The van der Waals surface area contributed by atoms with Gasteiger partial charge in [0.15, 0.2) is 11.7 Å². The van der Waals surface area contributed by atoms with Crippen LogP contribution in [0.15, 0.2) is 40.3 Å². The van der Waals surface area contributed by atoms with E-state index in [4.69, 9.17) is 9.40 Å². The van der Waals surface area contributed by atoms with E-state index in [9.17, 15) is 0 Å². The third kappa shape index (κ3) is 3.40. The van der Waals surface area contributed by atoms with Crippen molar-refractivity contribution in [1.82, 2.24) is 9.97 Å². The lowest BCUT2D eigenvalue weighted by Gasteiger charge is -2.53. The van der Waals surface area contributed by atoms with Gasteiger partial charge in [-0.05, 0) is 81.8 Å². The number of oxazole rings is 1. The van der Waals surface area contributed by atoms with Crippen LogP contribution in [0.4, 0.5) is 5.69 Å². The molecule has 0 saturated heterocycles. The Balaban J connectivity index is 1.02. The van der Waals surface area contributed by atoms with E-state index in [1.54, 1.807) is 0 Å². The number of benzene rings is 1. The molecular weight excluding hydrogens is 414 g/mol. The number of aromatic nitrogens is 2. The lowest BCUT2D eigenvalue weighted by molar-refractivity contribution is 0.0504. The zero-order chi connectivity index (χ0) is 21.2. The third-order valence-corrected chi connectivity index (χ3v) is 9.74. The van der Waals surface area contributed by atoms with Crippen LogP contribution in [-0.2, 0) is 5.41 Å². The molecule has 1 aromatic carbocycles. The van der Waals surface area contributed by atoms with Crippen LogP contribution in [0.1, 0.15) is 92.6 Å². The van der Waals surface area contributed by atoms with Crippen molar-refractivity contribution < 1.29 is 4.42 Å². The van der Waals surface area contributed by atoms with Gasteiger partial charge < -0.3 is 9.73 Å². The number of rotatable bonds is 7. The predicted molar refractivity (Wildman–Crippen MR) is 128 cm³/mol. The van der Waals surface area contributed by atoms with E-state index in [1.807, 2.05) is 17.5 Å². The van der Waals surface area contributed by atoms with Gasteiger partial charge in [-0.1, -0.05) is 12.1 Å². The second-order valence-electron chi connectivity index (χ2n) is 10.9. The minimum atomic E-state index is 0.380. The molecule has 166 valence electrons. The monoisotopic (exact) mass is 445 g/mol. The minimum Gasteiger partial charge on any atom is -0.440 e. The maximum Gasteiger partial charge on any atom is 0.198 e. The predicted octanol–water partition coefficient (Wildman–Crippen LogP) is 7.26. The number of fused-ring (bicyclic) bond motifs is 3. The summed E-state index contributed by atoms with van der Waals surface area (Å²) in [5.41, 5.74) is 4.52. The Bertz CT molecular complexity index is 1110. The van der Waals surface area contributed by atoms with Gasteiger partial charge in [-0.25, -0.2) is 9.97 Å². The molecule has 4 nitrogen and oxygen atoms in total. The number of anilines is 1. The van der Waals surface area contributed by atoms with E-state index < -0.39 is 0 Å². The van der Waals surface area contributed by atoms with Gasteiger partial charge in [-0.2, -0.15) is 0 Å². The summed E-state index contributed by atoms with van der Waals surface area (Å²) in [6.45, 7) is 1.07. The number of hydrogen-bond donors (Lipinski definition) is 1. The van der Waals surface area contributed by atoms with Crippen molar-refractivity contribution in [3.8, 4) is 11.3 Å². The Morgan fingerprint density at radius 1 is 1.00 bits per heavy atom. The summed E-state index contributed by atoms with van der Waals surface area (Å²) in [6.07, 6.45) is 14.9. The van der Waals surface area contributed by atoms with Crippen molar-refractivity contribution in [1.29, 1.82) is 0 Å². The molecule has 5 aliphatic rings. The molecule has 0 radical (unpaired) electrons. The molecule has 0 aliphatic heterocycles. The first-order valence-electron chi connectivity index (χ1n) is 12.5. The van der Waals surface area contributed by atoms with E-state index in [2.05, 4.69) is 39.9 Å². The van der Waals surface area contributed by atoms with Gasteiger partial charge in [0.05, 0.1) is 16.9 Å². The molecule has 5 fully saturated rings. The lowest BCUT2D eigenvalue weighted by Crippen LogP contribution is -2.47. The van der Waals surface area contributed by atoms with Gasteiger partial charge in [0.1, 0.15) is 0 Å². The molecule has 0 unspecified atom stereocenters. The van der Waals surface area contributed by atoms with E-state index in [1.165, 1.54) is 80.6 Å². The number of nitrogens with one attached hydrogen (secondary N) is 1. The molecule has 8 rings (SSSR count). The smallest absolute Gasteiger partial charge is 0.198 e. The normalized spacial score (nSPS) is 29.4. The topological polar surface area (TPSA) is 51.0 Å². The first-order valence-corrected chi connectivity index (χ1v) is 13.3. The fourth-order valence-electron chi connectivity index (χ4n) is 5.96. The van der Waals surface area contributed by atoms with Crippen LogP contribution in [0.2, 0.25) is 0 Å². The number of hydrogen-bond acceptors (Lipinski definition) is 5. The first-order chi connectivity index (χ1) is 15.7. The Kier molecular flexibility index (Phi) is 4.34. The van der Waals surface area contributed by atoms with Crippen LogP contribution in [-0.4, -0.2) is 16.5 Å². The summed E-state index contributed by atoms with van der Waals surface area (Å²) in [4.78, 5) is 9.61. The van der Waals surface area contributed by atoms with Crippen LogP contribution < -0.4 is 5.32 Å². The van der Waals surface area contributed by atoms with Gasteiger partial charge in [-0.3, -0.25) is 0 Å². The molecule has 0 amide bonds. The first kappa shape index (κ1) is 19.3. The average molecular weight is 446 g/mol. The van der Waals surface area contributed by atoms with Gasteiger partial charge >= 0.3 is 0 Å². The molecule has 2 bridgehead atoms.